The van der Waals surface area contributed by atoms with Crippen molar-refractivity contribution in [2.45, 2.75) is 58.5 Å². The highest BCUT2D eigenvalue weighted by Gasteiger charge is 2.21. The molecule has 0 radical (unpaired) electrons. The third kappa shape index (κ3) is 8.61. The number of amides is 1. The molecule has 0 bridgehead atoms. The van der Waals surface area contributed by atoms with Crippen LogP contribution in [0, 0.1) is 18.8 Å². The van der Waals surface area contributed by atoms with Crippen molar-refractivity contribution >= 4 is 39.0 Å². The van der Waals surface area contributed by atoms with Gasteiger partial charge in [0.1, 0.15) is 11.4 Å². The maximum atomic E-state index is 12.8. The second-order valence-electron chi connectivity index (χ2n) is 8.93. The van der Waals surface area contributed by atoms with Gasteiger partial charge in [0, 0.05) is 17.5 Å². The number of anilines is 1. The summed E-state index contributed by atoms with van der Waals surface area (Å²) < 4.78 is 36.5. The van der Waals surface area contributed by atoms with E-state index in [0.29, 0.717) is 33.9 Å². The van der Waals surface area contributed by atoms with E-state index in [4.69, 9.17) is 21.1 Å². The summed E-state index contributed by atoms with van der Waals surface area (Å²) in [6, 6.07) is 7.85. The maximum absolute atomic E-state index is 12.8. The molecule has 0 aliphatic heterocycles. The van der Waals surface area contributed by atoms with Gasteiger partial charge in [0.05, 0.1) is 21.9 Å². The summed E-state index contributed by atoms with van der Waals surface area (Å²) in [7, 11) is -3.64. The summed E-state index contributed by atoms with van der Waals surface area (Å²) >= 11 is 6.13. The molecule has 0 heterocycles. The van der Waals surface area contributed by atoms with Gasteiger partial charge >= 0.3 is 5.97 Å². The number of rotatable bonds is 7. The lowest BCUT2D eigenvalue weighted by molar-refractivity contribution is -0.157. The molecule has 0 unspecified atom stereocenters. The summed E-state index contributed by atoms with van der Waals surface area (Å²) in [5.74, 6) is 5.31. The molecular formula is C26H30ClNO6S. The van der Waals surface area contributed by atoms with Crippen molar-refractivity contribution in [2.24, 2.45) is 0 Å². The molecule has 2 aromatic rings. The van der Waals surface area contributed by atoms with Crippen molar-refractivity contribution in [3.8, 4) is 17.6 Å². The first-order valence-corrected chi connectivity index (χ1v) is 13.1. The van der Waals surface area contributed by atoms with Gasteiger partial charge in [-0.3, -0.25) is 4.79 Å². The zero-order valence-corrected chi connectivity index (χ0v) is 22.3. The fraction of sp³-hybridized carbons (Fsp3) is 0.385. The van der Waals surface area contributed by atoms with Crippen LogP contribution in [-0.2, 0) is 24.2 Å². The van der Waals surface area contributed by atoms with Gasteiger partial charge in [-0.05, 0) is 70.0 Å². The van der Waals surface area contributed by atoms with Crippen LogP contribution in [0.25, 0.3) is 0 Å². The molecule has 0 saturated heterocycles. The smallest absolute Gasteiger partial charge is 0.344 e. The quantitative estimate of drug-likeness (QED) is 0.412. The van der Waals surface area contributed by atoms with E-state index in [1.54, 1.807) is 58.9 Å². The lowest BCUT2D eigenvalue weighted by Gasteiger charge is -2.19. The second kappa shape index (κ2) is 11.6. The topological polar surface area (TPSA) is 98.8 Å². The number of halogens is 1. The Morgan fingerprint density at radius 3 is 2.34 bits per heavy atom. The molecule has 0 atom stereocenters. The third-order valence-corrected chi connectivity index (χ3v) is 6.67. The molecule has 0 aliphatic rings. The van der Waals surface area contributed by atoms with Crippen molar-refractivity contribution in [1.29, 1.82) is 0 Å². The van der Waals surface area contributed by atoms with Gasteiger partial charge in [0.15, 0.2) is 16.4 Å². The number of hydrogen-bond acceptors (Lipinski definition) is 6. The van der Waals surface area contributed by atoms with Crippen molar-refractivity contribution in [1.82, 2.24) is 0 Å². The zero-order valence-electron chi connectivity index (χ0n) is 20.7. The maximum Gasteiger partial charge on any atom is 0.344 e. The molecule has 0 aliphatic carbocycles. The number of nitrogens with one attached hydrogen (secondary N) is 1. The van der Waals surface area contributed by atoms with Crippen LogP contribution in [0.1, 0.15) is 57.7 Å². The predicted octanol–water partition coefficient (Wildman–Crippen LogP) is 4.91. The largest absolute Gasteiger partial charge is 0.481 e. The summed E-state index contributed by atoms with van der Waals surface area (Å²) in [5, 5.41) is 3.01. The average Bonchev–Trinajstić information content (AvgIpc) is 2.70. The molecule has 0 spiro atoms. The Bertz CT molecular complexity index is 1280. The molecule has 1 amide bonds. The van der Waals surface area contributed by atoms with Crippen LogP contribution in [0.2, 0.25) is 5.02 Å². The summed E-state index contributed by atoms with van der Waals surface area (Å²) in [5.41, 5.74) is 1.14. The molecule has 0 saturated carbocycles. The molecule has 2 aromatic carbocycles. The fourth-order valence-electron chi connectivity index (χ4n) is 3.11. The molecule has 1 N–H and O–H groups in total. The third-order valence-electron chi connectivity index (χ3n) is 4.48. The van der Waals surface area contributed by atoms with E-state index < -0.39 is 21.4 Å². The van der Waals surface area contributed by atoms with Gasteiger partial charge in [-0.25, -0.2) is 13.2 Å². The van der Waals surface area contributed by atoms with Crippen LogP contribution >= 0.6 is 11.6 Å². The molecule has 7 nitrogen and oxygen atoms in total. The number of hydrogen-bond donors (Lipinski definition) is 1. The first-order valence-electron chi connectivity index (χ1n) is 11.0. The standard InChI is InChI=1S/C26H30ClNO6S/c1-7-12-35(31,32)24-15-19(17(2)13-22(24)28-18(3)29)8-9-20-14-21(27)10-11-23(20)33-16-25(30)34-26(4,5)6/h10-11,13-15H,7,12,16H2,1-6H3,(H,28,29). The molecule has 9 heteroatoms. The number of carbonyl (C=O) groups is 2. The Labute approximate surface area is 212 Å². The molecule has 2 rings (SSSR count). The molecular weight excluding hydrogens is 490 g/mol. The van der Waals surface area contributed by atoms with E-state index in [1.165, 1.54) is 13.0 Å². The molecule has 188 valence electrons. The first-order chi connectivity index (χ1) is 16.2. The number of benzene rings is 2. The van der Waals surface area contributed by atoms with Gasteiger partial charge in [0.25, 0.3) is 0 Å². The SMILES string of the molecule is CCCS(=O)(=O)c1cc(C#Cc2cc(Cl)ccc2OCC(=O)OC(C)(C)C)c(C)cc1NC(C)=O. The Kier molecular flexibility index (Phi) is 9.36. The Hall–Kier alpha value is -3.02. The highest BCUT2D eigenvalue weighted by atomic mass is 35.5. The second-order valence-corrected chi connectivity index (χ2v) is 11.4. The van der Waals surface area contributed by atoms with Crippen LogP contribution in [0.5, 0.6) is 5.75 Å². The van der Waals surface area contributed by atoms with Crippen LogP contribution in [0.3, 0.4) is 0 Å². The minimum absolute atomic E-state index is 0.0111. The van der Waals surface area contributed by atoms with Gasteiger partial charge in [-0.15, -0.1) is 0 Å². The van der Waals surface area contributed by atoms with Crippen LogP contribution in [0.15, 0.2) is 35.2 Å². The van der Waals surface area contributed by atoms with Crippen LogP contribution < -0.4 is 10.1 Å². The minimum Gasteiger partial charge on any atom is -0.481 e. The molecule has 0 fully saturated rings. The van der Waals surface area contributed by atoms with E-state index in [-0.39, 0.29) is 28.8 Å². The van der Waals surface area contributed by atoms with E-state index in [0.717, 1.165) is 0 Å². The Morgan fingerprint density at radius 1 is 1.09 bits per heavy atom. The number of esters is 1. The van der Waals surface area contributed by atoms with Gasteiger partial charge in [-0.1, -0.05) is 30.4 Å². The van der Waals surface area contributed by atoms with E-state index in [1.807, 2.05) is 0 Å². The fourth-order valence-corrected chi connectivity index (χ4v) is 4.79. The Balaban J connectivity index is 2.46. The number of aryl methyl sites for hydroxylation is 1. The zero-order chi connectivity index (χ0) is 26.4. The van der Waals surface area contributed by atoms with E-state index in [9.17, 15) is 18.0 Å². The highest BCUT2D eigenvalue weighted by Crippen LogP contribution is 2.28. The lowest BCUT2D eigenvalue weighted by Crippen LogP contribution is -2.27. The van der Waals surface area contributed by atoms with Crippen LogP contribution in [0.4, 0.5) is 5.69 Å². The summed E-state index contributed by atoms with van der Waals surface area (Å²) in [6.07, 6.45) is 0.428. The number of carbonyl (C=O) groups excluding carboxylic acids is 2. The predicted molar refractivity (Wildman–Crippen MR) is 137 cm³/mol. The van der Waals surface area contributed by atoms with Gasteiger partial charge in [0.2, 0.25) is 5.91 Å². The Morgan fingerprint density at radius 2 is 1.74 bits per heavy atom. The molecule has 0 aromatic heterocycles. The van der Waals surface area contributed by atoms with Crippen molar-refractivity contribution in [3.63, 3.8) is 0 Å². The number of ether oxygens (including phenoxy) is 2. The molecule has 35 heavy (non-hydrogen) atoms. The first kappa shape index (κ1) is 28.2. The monoisotopic (exact) mass is 519 g/mol. The van der Waals surface area contributed by atoms with Crippen molar-refractivity contribution in [2.75, 3.05) is 17.7 Å². The normalized spacial score (nSPS) is 11.3. The van der Waals surface area contributed by atoms with E-state index in [2.05, 4.69) is 17.2 Å². The summed E-state index contributed by atoms with van der Waals surface area (Å²) in [4.78, 5) is 23.7. The van der Waals surface area contributed by atoms with Crippen molar-refractivity contribution < 1.29 is 27.5 Å². The van der Waals surface area contributed by atoms with Crippen molar-refractivity contribution in [3.05, 3.63) is 52.0 Å². The number of sulfone groups is 1. The minimum atomic E-state index is -3.64. The average molecular weight is 520 g/mol. The van der Waals surface area contributed by atoms with E-state index >= 15 is 0 Å². The van der Waals surface area contributed by atoms with Gasteiger partial charge in [-0.2, -0.15) is 0 Å². The van der Waals surface area contributed by atoms with Crippen LogP contribution in [-0.4, -0.2) is 38.3 Å². The summed E-state index contributed by atoms with van der Waals surface area (Å²) in [6.45, 7) is 9.83. The highest BCUT2D eigenvalue weighted by molar-refractivity contribution is 7.91. The van der Waals surface area contributed by atoms with Gasteiger partial charge < -0.3 is 14.8 Å². The lowest BCUT2D eigenvalue weighted by atomic mass is 10.1.